The minimum absolute atomic E-state index is 0.650. The summed E-state index contributed by atoms with van der Waals surface area (Å²) in [6.45, 7) is 4.09. The largest absolute Gasteiger partial charge is 0.494 e. The number of allylic oxidation sites excluding steroid dienone is 1. The molecule has 0 amide bonds. The van der Waals surface area contributed by atoms with Crippen LogP contribution in [0.2, 0.25) is 0 Å². The van der Waals surface area contributed by atoms with Gasteiger partial charge in [0.05, 0.1) is 12.8 Å². The van der Waals surface area contributed by atoms with E-state index in [-0.39, 0.29) is 0 Å². The Kier molecular flexibility index (Phi) is 3.98. The lowest BCUT2D eigenvalue weighted by Gasteiger charge is -2.01. The Morgan fingerprint density at radius 3 is 2.48 bits per heavy atom. The van der Waals surface area contributed by atoms with Gasteiger partial charge >= 0.3 is 0 Å². The number of rotatable bonds is 4. The van der Waals surface area contributed by atoms with Crippen molar-refractivity contribution in [2.24, 2.45) is 4.99 Å². The van der Waals surface area contributed by atoms with Crippen LogP contribution < -0.4 is 0 Å². The van der Waals surface area contributed by atoms with Crippen LogP contribution in [0.1, 0.15) is 32.9 Å². The van der Waals surface area contributed by atoms with Crippen molar-refractivity contribution in [3.8, 4) is 0 Å². The summed E-state index contributed by atoms with van der Waals surface area (Å²) in [5.74, 6) is 0.728. The highest BCUT2D eigenvalue weighted by atomic mass is 16.5. The minimum atomic E-state index is 0.650. The van der Waals surface area contributed by atoms with Gasteiger partial charge in [0.25, 0.3) is 0 Å². The van der Waals surface area contributed by atoms with Gasteiger partial charge in [-0.2, -0.15) is 0 Å². The van der Waals surface area contributed by atoms with Gasteiger partial charge in [0.2, 0.25) is 0 Å². The van der Waals surface area contributed by atoms with Gasteiger partial charge in [-0.15, -0.1) is 0 Å². The van der Waals surface area contributed by atoms with Crippen molar-refractivity contribution in [3.05, 3.63) is 75.9 Å². The van der Waals surface area contributed by atoms with Crippen molar-refractivity contribution in [1.82, 2.24) is 4.98 Å². The molecule has 3 rings (SSSR count). The summed E-state index contributed by atoms with van der Waals surface area (Å²) in [5.41, 5.74) is 6.53. The van der Waals surface area contributed by atoms with E-state index in [0.29, 0.717) is 5.56 Å². The zero-order chi connectivity index (χ0) is 16.4. The molecule has 0 fully saturated rings. The van der Waals surface area contributed by atoms with Crippen LogP contribution in [0.4, 0.5) is 0 Å². The monoisotopic (exact) mass is 306 g/mol. The minimum Gasteiger partial charge on any atom is -0.494 e. The third-order valence-electron chi connectivity index (χ3n) is 3.79. The maximum Gasteiger partial charge on any atom is 0.150 e. The molecule has 0 unspecified atom stereocenters. The molecule has 0 atom stereocenters. The summed E-state index contributed by atoms with van der Waals surface area (Å²) in [7, 11) is 1.64. The fourth-order valence-corrected chi connectivity index (χ4v) is 2.60. The van der Waals surface area contributed by atoms with Crippen LogP contribution in [-0.4, -0.2) is 24.1 Å². The first-order valence-electron chi connectivity index (χ1n) is 7.39. The molecule has 4 nitrogen and oxygen atoms in total. The number of aromatic nitrogens is 1. The zero-order valence-corrected chi connectivity index (χ0v) is 13.4. The van der Waals surface area contributed by atoms with Crippen LogP contribution in [0.5, 0.6) is 0 Å². The number of carbonyl (C=O) groups excluding carboxylic acids is 1. The number of H-pyrrole nitrogens is 1. The number of methoxy groups -OCH3 is 1. The molecule has 0 radical (unpaired) electrons. The first kappa shape index (κ1) is 15.0. The summed E-state index contributed by atoms with van der Waals surface area (Å²) in [6, 6.07) is 9.44. The highest BCUT2D eigenvalue weighted by molar-refractivity contribution is 6.12. The lowest BCUT2D eigenvalue weighted by Crippen LogP contribution is -1.94. The fraction of sp³-hybridized carbons (Fsp3) is 0.158. The van der Waals surface area contributed by atoms with Gasteiger partial charge in [-0.05, 0) is 31.6 Å². The van der Waals surface area contributed by atoms with E-state index < -0.39 is 0 Å². The van der Waals surface area contributed by atoms with E-state index in [0.717, 1.165) is 40.4 Å². The number of hydrogen-bond acceptors (Lipinski definition) is 3. The first-order valence-corrected chi connectivity index (χ1v) is 7.39. The van der Waals surface area contributed by atoms with Gasteiger partial charge in [-0.1, -0.05) is 24.3 Å². The van der Waals surface area contributed by atoms with Crippen LogP contribution in [-0.2, 0) is 4.74 Å². The average Bonchev–Trinajstić information content (AvgIpc) is 3.10. The molecule has 0 saturated carbocycles. The van der Waals surface area contributed by atoms with Crippen LogP contribution >= 0.6 is 0 Å². The lowest BCUT2D eigenvalue weighted by atomic mass is 10.1. The van der Waals surface area contributed by atoms with Crippen molar-refractivity contribution >= 4 is 18.1 Å². The summed E-state index contributed by atoms with van der Waals surface area (Å²) < 4.78 is 5.45. The van der Waals surface area contributed by atoms with Crippen LogP contribution in [0.3, 0.4) is 0 Å². The fourth-order valence-electron chi connectivity index (χ4n) is 2.60. The van der Waals surface area contributed by atoms with E-state index in [2.05, 4.69) is 23.0 Å². The van der Waals surface area contributed by atoms with Crippen molar-refractivity contribution < 1.29 is 9.53 Å². The molecule has 1 N–H and O–H groups in total. The molecule has 1 aliphatic heterocycles. The summed E-state index contributed by atoms with van der Waals surface area (Å²) in [4.78, 5) is 18.7. The second-order valence-electron chi connectivity index (χ2n) is 5.53. The van der Waals surface area contributed by atoms with E-state index in [4.69, 9.17) is 4.74 Å². The maximum absolute atomic E-state index is 10.8. The number of nitrogens with one attached hydrogen (secondary N) is 1. The van der Waals surface area contributed by atoms with Crippen molar-refractivity contribution in [3.63, 3.8) is 0 Å². The number of nitrogens with zero attached hydrogens (tertiary/aromatic N) is 1. The van der Waals surface area contributed by atoms with Gasteiger partial charge in [0.1, 0.15) is 17.7 Å². The molecule has 0 aliphatic carbocycles. The number of aliphatic imine (C=N–C) groups is 1. The Morgan fingerprint density at radius 2 is 1.91 bits per heavy atom. The standard InChI is InChI=1S/C19H18N2O2/c1-12-8-13(2)20-16(12)9-18-19(23-3)10-17(21-18)15-6-4-14(11-22)5-7-15/h4-11,20H,1-3H3. The van der Waals surface area contributed by atoms with Crippen molar-refractivity contribution in [2.45, 2.75) is 13.8 Å². The Morgan fingerprint density at radius 1 is 1.17 bits per heavy atom. The lowest BCUT2D eigenvalue weighted by molar-refractivity contribution is 0.112. The van der Waals surface area contributed by atoms with E-state index in [1.807, 2.05) is 31.2 Å². The number of benzene rings is 1. The number of aromatic amines is 1. The van der Waals surface area contributed by atoms with E-state index in [9.17, 15) is 4.79 Å². The molecule has 2 heterocycles. The number of carbonyl (C=O) groups is 1. The second-order valence-corrected chi connectivity index (χ2v) is 5.53. The van der Waals surface area contributed by atoms with Crippen LogP contribution in [0.25, 0.3) is 6.08 Å². The van der Waals surface area contributed by atoms with Crippen LogP contribution in [0, 0.1) is 13.8 Å². The molecule has 1 aromatic heterocycles. The molecular weight excluding hydrogens is 288 g/mol. The third kappa shape index (κ3) is 3.01. The summed E-state index contributed by atoms with van der Waals surface area (Å²) in [5, 5.41) is 0. The second kappa shape index (κ2) is 6.08. The highest BCUT2D eigenvalue weighted by Gasteiger charge is 2.17. The molecule has 0 spiro atoms. The van der Waals surface area contributed by atoms with Crippen molar-refractivity contribution in [1.29, 1.82) is 0 Å². The van der Waals surface area contributed by atoms with Gasteiger partial charge in [-0.25, -0.2) is 4.99 Å². The topological polar surface area (TPSA) is 54.4 Å². The number of aldehydes is 1. The molecular formula is C19H18N2O2. The number of aryl methyl sites for hydroxylation is 2. The Labute approximate surface area is 135 Å². The molecule has 0 bridgehead atoms. The van der Waals surface area contributed by atoms with Crippen LogP contribution in [0.15, 0.2) is 52.9 Å². The van der Waals surface area contributed by atoms with E-state index in [1.54, 1.807) is 19.2 Å². The first-order chi connectivity index (χ1) is 11.1. The molecule has 2 aromatic rings. The summed E-state index contributed by atoms with van der Waals surface area (Å²) in [6.07, 6.45) is 4.73. The Hall–Kier alpha value is -2.88. The molecule has 1 aliphatic rings. The third-order valence-corrected chi connectivity index (χ3v) is 3.79. The van der Waals surface area contributed by atoms with Crippen molar-refractivity contribution in [2.75, 3.05) is 7.11 Å². The highest BCUT2D eigenvalue weighted by Crippen LogP contribution is 2.26. The molecule has 4 heteroatoms. The summed E-state index contributed by atoms with van der Waals surface area (Å²) >= 11 is 0. The normalized spacial score (nSPS) is 15.5. The van der Waals surface area contributed by atoms with Gasteiger partial charge < -0.3 is 9.72 Å². The SMILES string of the molecule is COC1=CC(c2ccc(C=O)cc2)=NC1=Cc1[nH]c(C)cc1C. The van der Waals surface area contributed by atoms with E-state index in [1.165, 1.54) is 5.56 Å². The molecule has 0 saturated heterocycles. The van der Waals surface area contributed by atoms with Gasteiger partial charge in [0.15, 0.2) is 0 Å². The number of ether oxygens (including phenoxy) is 1. The van der Waals surface area contributed by atoms with E-state index >= 15 is 0 Å². The average molecular weight is 306 g/mol. The predicted octanol–water partition coefficient (Wildman–Crippen LogP) is 3.82. The van der Waals surface area contributed by atoms with Gasteiger partial charge in [0, 0.05) is 28.6 Å². The Balaban J connectivity index is 1.98. The molecule has 116 valence electrons. The zero-order valence-electron chi connectivity index (χ0n) is 13.4. The quantitative estimate of drug-likeness (QED) is 0.873. The Bertz CT molecular complexity index is 837. The predicted molar refractivity (Wildman–Crippen MR) is 91.7 cm³/mol. The van der Waals surface area contributed by atoms with Gasteiger partial charge in [-0.3, -0.25) is 4.79 Å². The molecule has 23 heavy (non-hydrogen) atoms. The smallest absolute Gasteiger partial charge is 0.150 e. The number of hydrogen-bond donors (Lipinski definition) is 1. The maximum atomic E-state index is 10.8. The molecule has 1 aromatic carbocycles.